The van der Waals surface area contributed by atoms with Crippen molar-refractivity contribution in [2.45, 2.75) is 38.0 Å². The van der Waals surface area contributed by atoms with Crippen LogP contribution in [0.15, 0.2) is 35.1 Å². The second-order valence-electron chi connectivity index (χ2n) is 7.19. The molecule has 0 bridgehead atoms. The molecule has 1 saturated heterocycles. The Morgan fingerprint density at radius 1 is 1.12 bits per heavy atom. The van der Waals surface area contributed by atoms with Gasteiger partial charge < -0.3 is 4.90 Å². The molecule has 1 aromatic carbocycles. The monoisotopic (exact) mass is 340 g/mol. The minimum atomic E-state index is -0.136. The number of benzene rings is 1. The van der Waals surface area contributed by atoms with E-state index in [-0.39, 0.29) is 17.5 Å². The van der Waals surface area contributed by atoms with Gasteiger partial charge in [-0.15, -0.1) is 0 Å². The third-order valence-electron chi connectivity index (χ3n) is 5.52. The Bertz CT molecular complexity index is 820. The molecule has 1 aliphatic heterocycles. The Balaban J connectivity index is 1.64. The third kappa shape index (κ3) is 2.90. The predicted molar refractivity (Wildman–Crippen MR) is 94.7 cm³/mol. The van der Waals surface area contributed by atoms with Crippen molar-refractivity contribution >= 4 is 5.91 Å². The van der Waals surface area contributed by atoms with E-state index in [9.17, 15) is 9.59 Å². The van der Waals surface area contributed by atoms with Crippen LogP contribution in [0.4, 0.5) is 0 Å². The first kappa shape index (κ1) is 16.1. The first-order valence-corrected chi connectivity index (χ1v) is 9.15. The Morgan fingerprint density at radius 3 is 2.56 bits per heavy atom. The van der Waals surface area contributed by atoms with Gasteiger partial charge in [0, 0.05) is 32.0 Å². The summed E-state index contributed by atoms with van der Waals surface area (Å²) in [6.45, 7) is 1.49. The van der Waals surface area contributed by atoms with Gasteiger partial charge in [-0.2, -0.15) is 5.10 Å². The van der Waals surface area contributed by atoms with Crippen molar-refractivity contribution in [2.24, 2.45) is 13.0 Å². The molecule has 2 fully saturated rings. The number of aryl methyl sites for hydroxylation is 1. The molecule has 1 aliphatic carbocycles. The Kier molecular flexibility index (Phi) is 4.19. The first-order valence-electron chi connectivity index (χ1n) is 9.15. The quantitative estimate of drug-likeness (QED) is 0.859. The molecule has 1 unspecified atom stereocenters. The van der Waals surface area contributed by atoms with Gasteiger partial charge in [0.2, 0.25) is 5.91 Å². The van der Waals surface area contributed by atoms with Gasteiger partial charge in [0.05, 0.1) is 5.69 Å². The molecule has 25 heavy (non-hydrogen) atoms. The Hall–Kier alpha value is -2.37. The molecule has 6 heteroatoms. The smallest absolute Gasteiger partial charge is 0.342 e. The molecule has 6 nitrogen and oxygen atoms in total. The summed E-state index contributed by atoms with van der Waals surface area (Å²) in [5.74, 6) is 1.39. The highest BCUT2D eigenvalue weighted by Crippen LogP contribution is 2.32. The van der Waals surface area contributed by atoms with Crippen molar-refractivity contribution in [3.05, 3.63) is 46.6 Å². The van der Waals surface area contributed by atoms with Crippen LogP contribution < -0.4 is 5.69 Å². The SMILES string of the molecule is Cn1nc(C2CCCN(C(=O)C3CCC3)C2)n(-c2ccccc2)c1=O. The normalized spacial score (nSPS) is 21.2. The number of nitrogens with zero attached hydrogens (tertiary/aromatic N) is 4. The van der Waals surface area contributed by atoms with Crippen molar-refractivity contribution in [2.75, 3.05) is 13.1 Å². The topological polar surface area (TPSA) is 60.1 Å². The Morgan fingerprint density at radius 2 is 1.88 bits per heavy atom. The van der Waals surface area contributed by atoms with Crippen LogP contribution in [0.25, 0.3) is 5.69 Å². The molecule has 1 amide bonds. The summed E-state index contributed by atoms with van der Waals surface area (Å²) in [5, 5.41) is 4.51. The second-order valence-corrected chi connectivity index (χ2v) is 7.19. The minimum Gasteiger partial charge on any atom is -0.342 e. The van der Waals surface area contributed by atoms with E-state index in [4.69, 9.17) is 0 Å². The van der Waals surface area contributed by atoms with Gasteiger partial charge in [-0.3, -0.25) is 4.79 Å². The maximum absolute atomic E-state index is 12.6. The highest BCUT2D eigenvalue weighted by molar-refractivity contribution is 5.79. The summed E-state index contributed by atoms with van der Waals surface area (Å²) in [6, 6.07) is 9.63. The fraction of sp³-hybridized carbons (Fsp3) is 0.526. The van der Waals surface area contributed by atoms with Crippen LogP contribution in [0.5, 0.6) is 0 Å². The molecule has 132 valence electrons. The fourth-order valence-corrected chi connectivity index (χ4v) is 3.87. The van der Waals surface area contributed by atoms with E-state index in [0.717, 1.165) is 43.7 Å². The highest BCUT2D eigenvalue weighted by Gasteiger charge is 2.34. The molecule has 2 aliphatic rings. The summed E-state index contributed by atoms with van der Waals surface area (Å²) in [6.07, 6.45) is 5.14. The van der Waals surface area contributed by atoms with Gasteiger partial charge in [0.15, 0.2) is 0 Å². The number of amides is 1. The number of para-hydroxylation sites is 1. The number of piperidine rings is 1. The van der Waals surface area contributed by atoms with Gasteiger partial charge in [-0.05, 0) is 37.8 Å². The zero-order valence-electron chi connectivity index (χ0n) is 14.6. The predicted octanol–water partition coefficient (Wildman–Crippen LogP) is 2.08. The lowest BCUT2D eigenvalue weighted by atomic mass is 9.83. The molecule has 2 heterocycles. The van der Waals surface area contributed by atoms with Crippen molar-refractivity contribution in [1.29, 1.82) is 0 Å². The number of aromatic nitrogens is 3. The van der Waals surface area contributed by atoms with Crippen LogP contribution in [0.3, 0.4) is 0 Å². The molecule has 1 atom stereocenters. The van der Waals surface area contributed by atoms with Gasteiger partial charge in [-0.1, -0.05) is 24.6 Å². The van der Waals surface area contributed by atoms with Crippen molar-refractivity contribution in [1.82, 2.24) is 19.2 Å². The summed E-state index contributed by atoms with van der Waals surface area (Å²) >= 11 is 0. The van der Waals surface area contributed by atoms with Gasteiger partial charge in [0.1, 0.15) is 5.82 Å². The van der Waals surface area contributed by atoms with Gasteiger partial charge in [0.25, 0.3) is 0 Å². The molecule has 0 radical (unpaired) electrons. The fourth-order valence-electron chi connectivity index (χ4n) is 3.87. The lowest BCUT2D eigenvalue weighted by molar-refractivity contribution is -0.139. The summed E-state index contributed by atoms with van der Waals surface area (Å²) in [5.41, 5.74) is 0.696. The zero-order valence-corrected chi connectivity index (χ0v) is 14.6. The van der Waals surface area contributed by atoms with E-state index >= 15 is 0 Å². The summed E-state index contributed by atoms with van der Waals surface area (Å²) < 4.78 is 3.09. The molecular weight excluding hydrogens is 316 g/mol. The average Bonchev–Trinajstić information content (AvgIpc) is 2.89. The summed E-state index contributed by atoms with van der Waals surface area (Å²) in [4.78, 5) is 27.2. The Labute approximate surface area is 147 Å². The number of hydrogen-bond donors (Lipinski definition) is 0. The maximum Gasteiger partial charge on any atom is 0.350 e. The zero-order chi connectivity index (χ0) is 17.4. The molecule has 0 spiro atoms. The van der Waals surface area contributed by atoms with Crippen molar-refractivity contribution < 1.29 is 4.79 Å². The largest absolute Gasteiger partial charge is 0.350 e. The molecule has 1 saturated carbocycles. The third-order valence-corrected chi connectivity index (χ3v) is 5.52. The maximum atomic E-state index is 12.6. The molecule has 2 aromatic rings. The second kappa shape index (κ2) is 6.50. The van der Waals surface area contributed by atoms with E-state index < -0.39 is 0 Å². The first-order chi connectivity index (χ1) is 12.1. The molecule has 4 rings (SSSR count). The van der Waals surface area contributed by atoms with Gasteiger partial charge >= 0.3 is 5.69 Å². The van der Waals surface area contributed by atoms with Crippen molar-refractivity contribution in [3.63, 3.8) is 0 Å². The molecule has 0 N–H and O–H groups in total. The van der Waals surface area contributed by atoms with Crippen LogP contribution in [-0.2, 0) is 11.8 Å². The van der Waals surface area contributed by atoms with Crippen LogP contribution >= 0.6 is 0 Å². The van der Waals surface area contributed by atoms with Crippen molar-refractivity contribution in [3.8, 4) is 5.69 Å². The lowest BCUT2D eigenvalue weighted by Crippen LogP contribution is -2.44. The van der Waals surface area contributed by atoms with E-state index in [2.05, 4.69) is 5.10 Å². The molecular formula is C19H24N4O2. The van der Waals surface area contributed by atoms with Crippen LogP contribution in [-0.4, -0.2) is 38.2 Å². The van der Waals surface area contributed by atoms with Crippen LogP contribution in [0.2, 0.25) is 0 Å². The van der Waals surface area contributed by atoms with Crippen LogP contribution in [0.1, 0.15) is 43.8 Å². The standard InChI is InChI=1S/C19H24N4O2/c1-21-19(25)23(16-10-3-2-4-11-16)17(20-21)15-9-6-12-22(13-15)18(24)14-7-5-8-14/h2-4,10-11,14-15H,5-9,12-13H2,1H3. The van der Waals surface area contributed by atoms with E-state index in [1.165, 1.54) is 11.1 Å². The lowest BCUT2D eigenvalue weighted by Gasteiger charge is -2.36. The number of rotatable bonds is 3. The van der Waals surface area contributed by atoms with E-state index in [1.54, 1.807) is 11.6 Å². The van der Waals surface area contributed by atoms with Gasteiger partial charge in [-0.25, -0.2) is 14.0 Å². The minimum absolute atomic E-state index is 0.104. The van der Waals surface area contributed by atoms with Crippen LogP contribution in [0, 0.1) is 5.92 Å². The number of hydrogen-bond acceptors (Lipinski definition) is 3. The average molecular weight is 340 g/mol. The molecule has 1 aromatic heterocycles. The number of carbonyl (C=O) groups excluding carboxylic acids is 1. The summed E-state index contributed by atoms with van der Waals surface area (Å²) in [7, 11) is 1.69. The van der Waals surface area contributed by atoms with E-state index in [1.807, 2.05) is 35.2 Å². The highest BCUT2D eigenvalue weighted by atomic mass is 16.2. The number of carbonyl (C=O) groups is 1. The van der Waals surface area contributed by atoms with E-state index in [0.29, 0.717) is 12.5 Å². The number of likely N-dealkylation sites (tertiary alicyclic amines) is 1.